The molecule has 0 bridgehead atoms. The highest BCUT2D eigenvalue weighted by Gasteiger charge is 2.32. The van der Waals surface area contributed by atoms with Gasteiger partial charge in [-0.05, 0) is 18.2 Å². The summed E-state index contributed by atoms with van der Waals surface area (Å²) in [4.78, 5) is 1.92. The molecule has 1 atom stereocenters. The van der Waals surface area contributed by atoms with Crippen molar-refractivity contribution in [2.45, 2.75) is 19.2 Å². The molecule has 1 unspecified atom stereocenters. The van der Waals surface area contributed by atoms with Crippen LogP contribution in [0.3, 0.4) is 0 Å². The quantitative estimate of drug-likeness (QED) is 0.817. The van der Waals surface area contributed by atoms with Gasteiger partial charge < -0.3 is 9.64 Å². The lowest BCUT2D eigenvalue weighted by Gasteiger charge is -2.21. The highest BCUT2D eigenvalue weighted by molar-refractivity contribution is 5.80. The third-order valence-corrected chi connectivity index (χ3v) is 3.98. The maximum Gasteiger partial charge on any atom is 0.314 e. The molecule has 4 nitrogen and oxygen atoms in total. The van der Waals surface area contributed by atoms with Gasteiger partial charge in [-0.15, -0.1) is 5.10 Å². The third kappa shape index (κ3) is 3.70. The fraction of sp³-hybridized carbons (Fsp3) is 0.278. The molecule has 1 heterocycles. The molecule has 0 radical (unpaired) electrons. The van der Waals surface area contributed by atoms with E-state index in [1.807, 2.05) is 42.3 Å². The molecule has 0 saturated carbocycles. The normalized spacial score (nSPS) is 16.8. The minimum atomic E-state index is -2.80. The molecule has 0 amide bonds. The van der Waals surface area contributed by atoms with Crippen molar-refractivity contribution in [2.24, 2.45) is 5.10 Å². The Bertz CT molecular complexity index is 767. The Hall–Kier alpha value is -2.70. The van der Waals surface area contributed by atoms with Gasteiger partial charge in [-0.1, -0.05) is 30.3 Å². The Morgan fingerprint density at radius 2 is 1.92 bits per heavy atom. The van der Waals surface area contributed by atoms with Gasteiger partial charge in [-0.3, -0.25) is 5.01 Å². The number of hydrogen-bond donors (Lipinski definition) is 0. The lowest BCUT2D eigenvalue weighted by Crippen LogP contribution is -2.19. The molecule has 2 aromatic rings. The van der Waals surface area contributed by atoms with Gasteiger partial charge in [0.1, 0.15) is 5.82 Å². The van der Waals surface area contributed by atoms with Gasteiger partial charge in [0.2, 0.25) is 6.23 Å². The van der Waals surface area contributed by atoms with Crippen LogP contribution in [-0.4, -0.2) is 31.4 Å². The lowest BCUT2D eigenvalue weighted by atomic mass is 10.1. The van der Waals surface area contributed by atoms with E-state index in [-0.39, 0.29) is 0 Å². The van der Waals surface area contributed by atoms with Crippen LogP contribution in [0.1, 0.15) is 17.4 Å². The van der Waals surface area contributed by atoms with E-state index in [1.54, 1.807) is 12.1 Å². The Morgan fingerprint density at radius 3 is 2.52 bits per heavy atom. The van der Waals surface area contributed by atoms with Crippen LogP contribution in [0.4, 0.5) is 18.9 Å². The number of nitrogens with zero attached hydrogens (tertiary/aromatic N) is 3. The highest BCUT2D eigenvalue weighted by Crippen LogP contribution is 2.29. The molecule has 1 aliphatic rings. The van der Waals surface area contributed by atoms with Crippen molar-refractivity contribution in [1.29, 1.82) is 0 Å². The predicted molar refractivity (Wildman–Crippen MR) is 90.0 cm³/mol. The molecule has 0 fully saturated rings. The van der Waals surface area contributed by atoms with Crippen LogP contribution in [0.5, 0.6) is 0 Å². The summed E-state index contributed by atoms with van der Waals surface area (Å²) in [5.41, 5.74) is 1.91. The first-order chi connectivity index (χ1) is 12.0. The number of hydrogen-bond acceptors (Lipinski definition) is 4. The zero-order valence-electron chi connectivity index (χ0n) is 13.9. The van der Waals surface area contributed by atoms with Gasteiger partial charge in [0, 0.05) is 37.5 Å². The van der Waals surface area contributed by atoms with Gasteiger partial charge >= 0.3 is 6.43 Å². The van der Waals surface area contributed by atoms with E-state index in [2.05, 4.69) is 5.10 Å². The second-order valence-electron chi connectivity index (χ2n) is 5.83. The topological polar surface area (TPSA) is 28.1 Å². The average Bonchev–Trinajstić information content (AvgIpc) is 2.99. The summed E-state index contributed by atoms with van der Waals surface area (Å²) in [6.07, 6.45) is -3.64. The molecule has 0 N–H and O–H groups in total. The Morgan fingerprint density at radius 1 is 1.20 bits per heavy atom. The van der Waals surface area contributed by atoms with E-state index in [9.17, 15) is 13.2 Å². The van der Waals surface area contributed by atoms with Crippen LogP contribution in [0.15, 0.2) is 53.6 Å². The van der Waals surface area contributed by atoms with Crippen LogP contribution in [0.2, 0.25) is 0 Å². The summed E-state index contributed by atoms with van der Waals surface area (Å²) in [5.74, 6) is -1.07. The average molecular weight is 349 g/mol. The standard InChI is InChI=1S/C18H18F3N3O/c1-23(14-6-4-3-5-7-14)11-13-9-8-12(10-15(13)19)18-24(2)22-17(25-18)16(20)21/h3-10,16,18H,11H2,1-2H3. The Kier molecular flexibility index (Phi) is 4.83. The van der Waals surface area contributed by atoms with Crippen molar-refractivity contribution in [3.05, 3.63) is 65.5 Å². The molecule has 7 heteroatoms. The maximum atomic E-state index is 14.5. The molecule has 1 aliphatic heterocycles. The van der Waals surface area contributed by atoms with Gasteiger partial charge in [0.15, 0.2) is 0 Å². The van der Waals surface area contributed by atoms with Crippen LogP contribution in [0.25, 0.3) is 0 Å². The molecule has 0 aliphatic carbocycles. The fourth-order valence-corrected chi connectivity index (χ4v) is 2.68. The second-order valence-corrected chi connectivity index (χ2v) is 5.83. The van der Waals surface area contributed by atoms with Crippen molar-refractivity contribution >= 4 is 11.6 Å². The number of para-hydroxylation sites is 1. The molecular weight excluding hydrogens is 331 g/mol. The summed E-state index contributed by atoms with van der Waals surface area (Å²) >= 11 is 0. The zero-order chi connectivity index (χ0) is 18.0. The zero-order valence-corrected chi connectivity index (χ0v) is 13.9. The van der Waals surface area contributed by atoms with E-state index in [0.717, 1.165) is 5.69 Å². The summed E-state index contributed by atoms with van der Waals surface area (Å²) in [7, 11) is 3.38. The summed E-state index contributed by atoms with van der Waals surface area (Å²) in [5, 5.41) is 4.89. The Balaban J connectivity index is 1.74. The predicted octanol–water partition coefficient (Wildman–Crippen LogP) is 4.00. The number of halogens is 3. The second kappa shape index (κ2) is 7.04. The van der Waals surface area contributed by atoms with Crippen LogP contribution in [0, 0.1) is 5.82 Å². The first-order valence-electron chi connectivity index (χ1n) is 7.76. The van der Waals surface area contributed by atoms with Crippen molar-refractivity contribution in [3.8, 4) is 0 Å². The van der Waals surface area contributed by atoms with Crippen LogP contribution < -0.4 is 4.90 Å². The smallest absolute Gasteiger partial charge is 0.314 e. The van der Waals surface area contributed by atoms with Gasteiger partial charge in [-0.25, -0.2) is 4.39 Å². The van der Waals surface area contributed by atoms with E-state index < -0.39 is 24.4 Å². The molecule has 25 heavy (non-hydrogen) atoms. The maximum absolute atomic E-state index is 14.5. The van der Waals surface area contributed by atoms with Crippen molar-refractivity contribution < 1.29 is 17.9 Å². The monoisotopic (exact) mass is 349 g/mol. The number of ether oxygens (including phenoxy) is 1. The van der Waals surface area contributed by atoms with Gasteiger partial charge in [-0.2, -0.15) is 8.78 Å². The van der Waals surface area contributed by atoms with Crippen molar-refractivity contribution in [3.63, 3.8) is 0 Å². The van der Waals surface area contributed by atoms with Crippen LogP contribution in [-0.2, 0) is 11.3 Å². The minimum absolute atomic E-state index is 0.385. The molecular formula is C18H18F3N3O. The van der Waals surface area contributed by atoms with Crippen LogP contribution >= 0.6 is 0 Å². The van der Waals surface area contributed by atoms with Gasteiger partial charge in [0.05, 0.1) is 0 Å². The van der Waals surface area contributed by atoms with E-state index in [1.165, 1.54) is 18.1 Å². The van der Waals surface area contributed by atoms with E-state index >= 15 is 0 Å². The number of hydrazone groups is 1. The molecule has 0 saturated heterocycles. The first kappa shape index (κ1) is 17.1. The largest absolute Gasteiger partial charge is 0.446 e. The molecule has 132 valence electrons. The number of alkyl halides is 2. The first-order valence-corrected chi connectivity index (χ1v) is 7.76. The summed E-state index contributed by atoms with van der Waals surface area (Å²) in [6, 6.07) is 14.2. The van der Waals surface area contributed by atoms with Crippen molar-refractivity contribution in [2.75, 3.05) is 19.0 Å². The van der Waals surface area contributed by atoms with Gasteiger partial charge in [0.25, 0.3) is 5.90 Å². The SMILES string of the molecule is CN(Cc1ccc(C2OC(C(F)F)=NN2C)cc1F)c1ccccc1. The Labute approximate surface area is 144 Å². The molecule has 2 aromatic carbocycles. The minimum Gasteiger partial charge on any atom is -0.446 e. The number of rotatable bonds is 5. The summed E-state index contributed by atoms with van der Waals surface area (Å²) < 4.78 is 45.0. The molecule has 0 aromatic heterocycles. The fourth-order valence-electron chi connectivity index (χ4n) is 2.68. The number of benzene rings is 2. The highest BCUT2D eigenvalue weighted by atomic mass is 19.3. The van der Waals surface area contributed by atoms with E-state index in [0.29, 0.717) is 17.7 Å². The number of anilines is 1. The van der Waals surface area contributed by atoms with E-state index in [4.69, 9.17) is 4.74 Å². The lowest BCUT2D eigenvalue weighted by molar-refractivity contribution is 0.0624. The summed E-state index contributed by atoms with van der Waals surface area (Å²) in [6.45, 7) is 0.385. The molecule has 0 spiro atoms. The van der Waals surface area contributed by atoms with Crippen molar-refractivity contribution in [1.82, 2.24) is 5.01 Å². The molecule has 3 rings (SSSR count). The third-order valence-electron chi connectivity index (χ3n) is 3.98.